The van der Waals surface area contributed by atoms with E-state index in [4.69, 9.17) is 14.6 Å². The van der Waals surface area contributed by atoms with Gasteiger partial charge in [0.05, 0.1) is 49.6 Å². The molecular formula is C35H58O6S. The molecule has 6 rings (SSSR count). The number of sulfone groups is 1. The number of ether oxygens (including phenoxy) is 2. The van der Waals surface area contributed by atoms with Crippen LogP contribution in [0.3, 0.4) is 0 Å². The van der Waals surface area contributed by atoms with E-state index in [1.165, 1.54) is 41.6 Å². The zero-order valence-electron chi connectivity index (χ0n) is 27.2. The van der Waals surface area contributed by atoms with E-state index in [0.717, 1.165) is 71.4 Å². The van der Waals surface area contributed by atoms with Crippen LogP contribution in [0.4, 0.5) is 0 Å². The van der Waals surface area contributed by atoms with Crippen molar-refractivity contribution in [2.45, 2.75) is 117 Å². The summed E-state index contributed by atoms with van der Waals surface area (Å²) in [6.45, 7) is 16.1. The minimum absolute atomic E-state index is 0.0568. The van der Waals surface area contributed by atoms with Crippen molar-refractivity contribution in [2.24, 2.45) is 5.41 Å². The molecule has 1 saturated heterocycles. The van der Waals surface area contributed by atoms with Crippen molar-refractivity contribution < 1.29 is 28.1 Å². The second kappa shape index (κ2) is 17.7. The minimum atomic E-state index is -2.69. The van der Waals surface area contributed by atoms with E-state index < -0.39 is 15.4 Å². The topological polar surface area (TPSA) is 93.1 Å². The maximum Gasteiger partial charge on any atom is 0.154 e. The molecule has 0 aromatic heterocycles. The molecule has 3 aliphatic carbocycles. The maximum atomic E-state index is 10.8. The third-order valence-corrected chi connectivity index (χ3v) is 10.2. The zero-order valence-corrected chi connectivity index (χ0v) is 28.0. The van der Waals surface area contributed by atoms with Gasteiger partial charge in [0.15, 0.2) is 9.84 Å². The van der Waals surface area contributed by atoms with Crippen molar-refractivity contribution >= 4 is 9.84 Å². The number of rotatable bonds is 0. The third-order valence-electron chi connectivity index (χ3n) is 8.68. The fraction of sp³-hybridized carbons (Fsp3) is 0.714. The minimum Gasteiger partial charge on any atom is -0.393 e. The van der Waals surface area contributed by atoms with Crippen LogP contribution in [0.15, 0.2) is 58.2 Å². The Kier molecular flexibility index (Phi) is 15.5. The summed E-state index contributed by atoms with van der Waals surface area (Å²) in [5, 5.41) is 18.4. The van der Waals surface area contributed by atoms with Gasteiger partial charge in [-0.2, -0.15) is 0 Å². The SMILES string of the molecule is CC1=CCC(C)(O)CC1.CC1=CCC(O)CC1.CC1=CCC2(CC1)COC2.CC1=CCOC1.CC1=CCS(=O)(=O)CC1. The average Bonchev–Trinajstić information content (AvgIpc) is 3.41. The molecule has 240 valence electrons. The summed E-state index contributed by atoms with van der Waals surface area (Å²) in [5.41, 5.74) is 7.13. The molecule has 3 heterocycles. The van der Waals surface area contributed by atoms with Gasteiger partial charge in [-0.15, -0.1) is 0 Å². The molecule has 2 unspecified atom stereocenters. The molecular weight excluding hydrogens is 548 g/mol. The molecule has 0 amide bonds. The summed E-state index contributed by atoms with van der Waals surface area (Å²) in [4.78, 5) is 0. The van der Waals surface area contributed by atoms with Gasteiger partial charge >= 0.3 is 0 Å². The quantitative estimate of drug-likeness (QED) is 0.284. The van der Waals surface area contributed by atoms with E-state index in [9.17, 15) is 13.5 Å². The second-order valence-corrected chi connectivity index (χ2v) is 15.7. The largest absolute Gasteiger partial charge is 0.393 e. The van der Waals surface area contributed by atoms with Crippen LogP contribution in [0.2, 0.25) is 0 Å². The summed E-state index contributed by atoms with van der Waals surface area (Å²) in [7, 11) is -2.69. The second-order valence-electron chi connectivity index (χ2n) is 13.5. The molecule has 2 N–H and O–H groups in total. The van der Waals surface area contributed by atoms with Gasteiger partial charge in [-0.25, -0.2) is 8.42 Å². The molecule has 0 aromatic carbocycles. The number of aliphatic hydroxyl groups is 2. The highest BCUT2D eigenvalue weighted by atomic mass is 32.2. The van der Waals surface area contributed by atoms with Gasteiger partial charge < -0.3 is 19.7 Å². The highest BCUT2D eigenvalue weighted by molar-refractivity contribution is 7.91. The summed E-state index contributed by atoms with van der Waals surface area (Å²) in [5.74, 6) is 0.591. The monoisotopic (exact) mass is 606 g/mol. The zero-order chi connectivity index (χ0) is 31.2. The Balaban J connectivity index is 0.000000185. The van der Waals surface area contributed by atoms with Gasteiger partial charge in [-0.3, -0.25) is 0 Å². The van der Waals surface area contributed by atoms with E-state index in [1.807, 2.05) is 13.8 Å². The lowest BCUT2D eigenvalue weighted by atomic mass is 9.74. The van der Waals surface area contributed by atoms with Crippen LogP contribution < -0.4 is 0 Å². The molecule has 0 radical (unpaired) electrons. The van der Waals surface area contributed by atoms with Crippen molar-refractivity contribution in [1.82, 2.24) is 0 Å². The summed E-state index contributed by atoms with van der Waals surface area (Å²) < 4.78 is 31.7. The van der Waals surface area contributed by atoms with E-state index >= 15 is 0 Å². The molecule has 6 nitrogen and oxygen atoms in total. The van der Waals surface area contributed by atoms with Gasteiger partial charge in [0.2, 0.25) is 0 Å². The van der Waals surface area contributed by atoms with Crippen molar-refractivity contribution in [3.63, 3.8) is 0 Å². The standard InChI is InChI=1S/C9H14O.C8H14O.C7H12O.C6H10O2S.C5H8O/c1-8-2-4-9(5-3-8)6-10-7-9;1-7-3-5-8(2,9)6-4-7;1-6-2-4-7(8)5-3-6;1-6-2-4-9(7,8)5-3-6;1-5-2-3-6-4-5/h2H,3-7H2,1H3;3,9H,4-6H2,1-2H3;2,7-8H,3-5H2,1H3;2H,3-5H2,1H3;2H,3-4H2,1H3. The summed E-state index contributed by atoms with van der Waals surface area (Å²) in [6, 6.07) is 0. The maximum absolute atomic E-state index is 10.8. The first kappa shape index (κ1) is 36.7. The Labute approximate surface area is 256 Å². The van der Waals surface area contributed by atoms with Crippen LogP contribution in [0, 0.1) is 5.41 Å². The number of allylic oxidation sites excluding steroid dienone is 5. The first-order chi connectivity index (χ1) is 19.7. The van der Waals surface area contributed by atoms with E-state index in [2.05, 4.69) is 52.0 Å². The Hall–Kier alpha value is -1.51. The van der Waals surface area contributed by atoms with E-state index in [1.54, 1.807) is 11.6 Å². The van der Waals surface area contributed by atoms with Crippen LogP contribution in [0.25, 0.3) is 0 Å². The fourth-order valence-electron chi connectivity index (χ4n) is 4.98. The lowest BCUT2D eigenvalue weighted by Gasteiger charge is -2.43. The predicted molar refractivity (Wildman–Crippen MR) is 174 cm³/mol. The molecule has 0 aromatic rings. The Morgan fingerprint density at radius 2 is 1.38 bits per heavy atom. The van der Waals surface area contributed by atoms with Crippen molar-refractivity contribution in [3.05, 3.63) is 58.2 Å². The van der Waals surface area contributed by atoms with Gasteiger partial charge in [0.25, 0.3) is 0 Å². The molecule has 2 atom stereocenters. The lowest BCUT2D eigenvalue weighted by Crippen LogP contribution is -2.43. The number of hydrogen-bond donors (Lipinski definition) is 2. The van der Waals surface area contributed by atoms with E-state index in [0.29, 0.717) is 11.2 Å². The summed E-state index contributed by atoms with van der Waals surface area (Å²) in [6.07, 6.45) is 20.8. The highest BCUT2D eigenvalue weighted by Crippen LogP contribution is 2.41. The molecule has 0 bridgehead atoms. The fourth-order valence-corrected chi connectivity index (χ4v) is 6.32. The molecule has 42 heavy (non-hydrogen) atoms. The van der Waals surface area contributed by atoms with Crippen LogP contribution >= 0.6 is 0 Å². The number of hydrogen-bond acceptors (Lipinski definition) is 6. The third kappa shape index (κ3) is 15.3. The smallest absolute Gasteiger partial charge is 0.154 e. The average molecular weight is 607 g/mol. The Morgan fingerprint density at radius 3 is 1.69 bits per heavy atom. The van der Waals surface area contributed by atoms with Crippen molar-refractivity contribution in [3.8, 4) is 0 Å². The molecule has 1 spiro atoms. The van der Waals surface area contributed by atoms with E-state index in [-0.39, 0.29) is 11.9 Å². The Morgan fingerprint density at radius 1 is 0.762 bits per heavy atom. The van der Waals surface area contributed by atoms with Crippen LogP contribution in [-0.2, 0) is 19.3 Å². The molecule has 1 fully saturated rings. The van der Waals surface area contributed by atoms with Gasteiger partial charge in [-0.1, -0.05) is 52.7 Å². The highest BCUT2D eigenvalue weighted by Gasteiger charge is 2.38. The van der Waals surface area contributed by atoms with Gasteiger partial charge in [-0.05, 0) is 111 Å². The van der Waals surface area contributed by atoms with Crippen molar-refractivity contribution in [2.75, 3.05) is 37.9 Å². The lowest BCUT2D eigenvalue weighted by molar-refractivity contribution is -0.117. The van der Waals surface area contributed by atoms with Gasteiger partial charge in [0, 0.05) is 5.41 Å². The first-order valence-electron chi connectivity index (χ1n) is 15.7. The van der Waals surface area contributed by atoms with Crippen LogP contribution in [0.1, 0.15) is 106 Å². The van der Waals surface area contributed by atoms with Gasteiger partial charge in [0.1, 0.15) is 0 Å². The normalized spacial score (nSPS) is 28.9. The van der Waals surface area contributed by atoms with Crippen LogP contribution in [0.5, 0.6) is 0 Å². The predicted octanol–water partition coefficient (Wildman–Crippen LogP) is 7.19. The number of aliphatic hydroxyl groups excluding tert-OH is 1. The Bertz CT molecular complexity index is 1100. The molecule has 0 saturated carbocycles. The summed E-state index contributed by atoms with van der Waals surface area (Å²) >= 11 is 0. The van der Waals surface area contributed by atoms with Crippen molar-refractivity contribution in [1.29, 1.82) is 0 Å². The molecule has 7 heteroatoms. The molecule has 6 aliphatic rings. The van der Waals surface area contributed by atoms with Crippen LogP contribution in [-0.4, -0.2) is 68.3 Å². The first-order valence-corrected chi connectivity index (χ1v) is 17.6. The molecule has 3 aliphatic heterocycles.